The summed E-state index contributed by atoms with van der Waals surface area (Å²) in [6.07, 6.45) is 8.10. The molecule has 0 aliphatic heterocycles. The minimum absolute atomic E-state index is 0.482. The quantitative estimate of drug-likeness (QED) is 0.508. The van der Waals surface area contributed by atoms with Crippen LogP contribution in [0.1, 0.15) is 39.0 Å². The summed E-state index contributed by atoms with van der Waals surface area (Å²) in [7, 11) is 0. The van der Waals surface area contributed by atoms with Crippen molar-refractivity contribution in [2.45, 2.75) is 45.1 Å². The smallest absolute Gasteiger partial charge is 0.326 e. The topological polar surface area (TPSA) is 75.3 Å². The van der Waals surface area contributed by atoms with Gasteiger partial charge in [-0.05, 0) is 38.4 Å². The Balaban J connectivity index is 3.78. The van der Waals surface area contributed by atoms with Gasteiger partial charge in [0, 0.05) is 0 Å². The Bertz CT molecular complexity index is 193. The maximum absolute atomic E-state index is 10.8. The van der Waals surface area contributed by atoms with Crippen molar-refractivity contribution in [3.63, 3.8) is 0 Å². The first kappa shape index (κ1) is 14.0. The van der Waals surface area contributed by atoms with Gasteiger partial charge in [0.15, 0.2) is 0 Å². The van der Waals surface area contributed by atoms with Gasteiger partial charge in [-0.1, -0.05) is 19.4 Å². The zero-order valence-corrected chi connectivity index (χ0v) is 9.41. The Morgan fingerprint density at radius 1 is 1.53 bits per heavy atom. The number of carbonyl (C=O) groups is 1. The van der Waals surface area contributed by atoms with Crippen LogP contribution in [-0.4, -0.2) is 23.7 Å². The van der Waals surface area contributed by atoms with E-state index in [1.165, 1.54) is 0 Å². The summed E-state index contributed by atoms with van der Waals surface area (Å²) in [6, 6.07) is -0.482. The maximum atomic E-state index is 10.8. The number of rotatable bonds is 9. The highest BCUT2D eigenvalue weighted by Gasteiger charge is 2.13. The Hall–Kier alpha value is -1.03. The van der Waals surface area contributed by atoms with E-state index < -0.39 is 12.0 Å². The molecular weight excluding hydrogens is 192 g/mol. The molecule has 0 rings (SSSR count). The van der Waals surface area contributed by atoms with Crippen molar-refractivity contribution in [2.75, 3.05) is 6.54 Å². The Kier molecular flexibility index (Phi) is 8.87. The lowest BCUT2D eigenvalue weighted by Gasteiger charge is -2.11. The molecule has 0 fully saturated rings. The van der Waals surface area contributed by atoms with Crippen molar-refractivity contribution < 1.29 is 9.90 Å². The van der Waals surface area contributed by atoms with Gasteiger partial charge >= 0.3 is 5.97 Å². The molecule has 0 aliphatic rings. The molecule has 0 radical (unpaired) electrons. The van der Waals surface area contributed by atoms with Crippen LogP contribution in [0.15, 0.2) is 12.3 Å². The third-order valence-corrected chi connectivity index (χ3v) is 2.12. The van der Waals surface area contributed by atoms with Gasteiger partial charge in [0.05, 0.1) is 0 Å². The summed E-state index contributed by atoms with van der Waals surface area (Å²) >= 11 is 0. The first-order valence-electron chi connectivity index (χ1n) is 5.56. The molecule has 0 bridgehead atoms. The number of allylic oxidation sites excluding steroid dienone is 1. The van der Waals surface area contributed by atoms with Crippen molar-refractivity contribution in [2.24, 2.45) is 5.73 Å². The Morgan fingerprint density at radius 2 is 2.27 bits per heavy atom. The van der Waals surface area contributed by atoms with E-state index in [9.17, 15) is 4.79 Å². The van der Waals surface area contributed by atoms with Crippen molar-refractivity contribution in [3.05, 3.63) is 12.3 Å². The molecule has 88 valence electrons. The second-order valence-corrected chi connectivity index (χ2v) is 3.53. The van der Waals surface area contributed by atoms with Gasteiger partial charge in [-0.2, -0.15) is 0 Å². The lowest BCUT2D eigenvalue weighted by Crippen LogP contribution is -2.33. The molecule has 0 spiro atoms. The number of aliphatic carboxylic acids is 1. The average molecular weight is 214 g/mol. The minimum atomic E-state index is -0.798. The predicted octanol–water partition coefficient (Wildman–Crippen LogP) is 1.47. The highest BCUT2D eigenvalue weighted by Crippen LogP contribution is 2.00. The molecule has 4 N–H and O–H groups in total. The Labute approximate surface area is 91.5 Å². The van der Waals surface area contributed by atoms with Gasteiger partial charge in [-0.25, -0.2) is 4.79 Å². The largest absolute Gasteiger partial charge is 0.480 e. The third-order valence-electron chi connectivity index (χ3n) is 2.12. The highest BCUT2D eigenvalue weighted by atomic mass is 16.4. The first-order chi connectivity index (χ1) is 7.22. The number of unbranched alkanes of at least 4 members (excludes halogenated alkanes) is 2. The van der Waals surface area contributed by atoms with Crippen LogP contribution >= 0.6 is 0 Å². The fourth-order valence-electron chi connectivity index (χ4n) is 1.21. The van der Waals surface area contributed by atoms with Crippen LogP contribution in [-0.2, 0) is 4.79 Å². The van der Waals surface area contributed by atoms with E-state index in [1.807, 2.05) is 6.08 Å². The van der Waals surface area contributed by atoms with Crippen molar-refractivity contribution in [1.82, 2.24) is 5.32 Å². The fraction of sp³-hybridized carbons (Fsp3) is 0.727. The summed E-state index contributed by atoms with van der Waals surface area (Å²) in [5.74, 6) is -0.798. The van der Waals surface area contributed by atoms with E-state index in [0.29, 0.717) is 13.0 Å². The molecule has 0 aromatic rings. The van der Waals surface area contributed by atoms with Crippen molar-refractivity contribution in [1.29, 1.82) is 0 Å². The van der Waals surface area contributed by atoms with E-state index in [0.717, 1.165) is 25.7 Å². The van der Waals surface area contributed by atoms with Crippen LogP contribution in [0.4, 0.5) is 0 Å². The SMILES string of the molecule is CCCC=CN[C@@H](CCCCN)C(=O)O. The van der Waals surface area contributed by atoms with Gasteiger partial charge in [0.2, 0.25) is 0 Å². The number of nitrogens with one attached hydrogen (secondary N) is 1. The van der Waals surface area contributed by atoms with Crippen LogP contribution < -0.4 is 11.1 Å². The van der Waals surface area contributed by atoms with Gasteiger partial charge < -0.3 is 16.2 Å². The van der Waals surface area contributed by atoms with E-state index in [2.05, 4.69) is 12.2 Å². The molecule has 4 nitrogen and oxygen atoms in total. The predicted molar refractivity (Wildman–Crippen MR) is 61.5 cm³/mol. The lowest BCUT2D eigenvalue weighted by molar-refractivity contribution is -0.139. The molecule has 1 atom stereocenters. The normalized spacial score (nSPS) is 12.9. The van der Waals surface area contributed by atoms with Crippen molar-refractivity contribution >= 4 is 5.97 Å². The molecular formula is C11H22N2O2. The van der Waals surface area contributed by atoms with Crippen LogP contribution in [0, 0.1) is 0 Å². The van der Waals surface area contributed by atoms with Crippen LogP contribution in [0.2, 0.25) is 0 Å². The summed E-state index contributed by atoms with van der Waals surface area (Å²) in [5, 5.41) is 11.8. The van der Waals surface area contributed by atoms with Gasteiger partial charge in [-0.15, -0.1) is 0 Å². The summed E-state index contributed by atoms with van der Waals surface area (Å²) in [4.78, 5) is 10.8. The number of hydrogen-bond acceptors (Lipinski definition) is 3. The fourth-order valence-corrected chi connectivity index (χ4v) is 1.21. The third kappa shape index (κ3) is 8.00. The molecule has 0 aliphatic carbocycles. The zero-order chi connectivity index (χ0) is 11.5. The summed E-state index contributed by atoms with van der Waals surface area (Å²) < 4.78 is 0. The standard InChI is InChI=1S/C11H22N2O2/c1-2-3-6-9-13-10(11(14)15)7-4-5-8-12/h6,9-10,13H,2-5,7-8,12H2,1H3,(H,14,15)/t10-/m0/s1. The minimum Gasteiger partial charge on any atom is -0.480 e. The first-order valence-corrected chi connectivity index (χ1v) is 5.56. The van der Waals surface area contributed by atoms with Gasteiger partial charge in [0.25, 0.3) is 0 Å². The van der Waals surface area contributed by atoms with Gasteiger partial charge in [-0.3, -0.25) is 0 Å². The van der Waals surface area contributed by atoms with E-state index >= 15 is 0 Å². The maximum Gasteiger partial charge on any atom is 0.326 e. The molecule has 0 amide bonds. The number of carboxylic acid groups (broad SMARTS) is 1. The molecule has 0 heterocycles. The Morgan fingerprint density at radius 3 is 2.80 bits per heavy atom. The summed E-state index contributed by atoms with van der Waals surface area (Å²) in [5.41, 5.74) is 5.35. The summed E-state index contributed by atoms with van der Waals surface area (Å²) in [6.45, 7) is 2.71. The van der Waals surface area contributed by atoms with E-state index in [1.54, 1.807) is 6.20 Å². The molecule has 4 heteroatoms. The molecule has 0 saturated carbocycles. The van der Waals surface area contributed by atoms with Crippen molar-refractivity contribution in [3.8, 4) is 0 Å². The molecule has 0 saturated heterocycles. The van der Waals surface area contributed by atoms with Gasteiger partial charge in [0.1, 0.15) is 6.04 Å². The van der Waals surface area contributed by atoms with Crippen LogP contribution in [0.3, 0.4) is 0 Å². The average Bonchev–Trinajstić information content (AvgIpc) is 2.21. The molecule has 0 aromatic carbocycles. The van der Waals surface area contributed by atoms with E-state index in [4.69, 9.17) is 10.8 Å². The molecule has 15 heavy (non-hydrogen) atoms. The second kappa shape index (κ2) is 9.52. The molecule has 0 unspecified atom stereocenters. The second-order valence-electron chi connectivity index (χ2n) is 3.53. The number of carboxylic acids is 1. The monoisotopic (exact) mass is 214 g/mol. The number of hydrogen-bond donors (Lipinski definition) is 3. The number of nitrogens with two attached hydrogens (primary N) is 1. The molecule has 0 aromatic heterocycles. The van der Waals surface area contributed by atoms with Crippen LogP contribution in [0.5, 0.6) is 0 Å². The van der Waals surface area contributed by atoms with Crippen LogP contribution in [0.25, 0.3) is 0 Å². The zero-order valence-electron chi connectivity index (χ0n) is 9.41. The van der Waals surface area contributed by atoms with E-state index in [-0.39, 0.29) is 0 Å². The lowest BCUT2D eigenvalue weighted by atomic mass is 10.1. The highest BCUT2D eigenvalue weighted by molar-refractivity contribution is 5.73.